The van der Waals surface area contributed by atoms with Crippen LogP contribution in [0, 0.1) is 0 Å². The van der Waals surface area contributed by atoms with Gasteiger partial charge in [-0.3, -0.25) is 0 Å². The zero-order chi connectivity index (χ0) is 13.9. The summed E-state index contributed by atoms with van der Waals surface area (Å²) in [6, 6.07) is 14.9. The molecule has 2 aromatic carbocycles. The molecule has 3 rings (SSSR count). The van der Waals surface area contributed by atoms with Crippen molar-refractivity contribution in [2.75, 3.05) is 13.7 Å². The van der Waals surface area contributed by atoms with E-state index in [4.69, 9.17) is 4.74 Å². The molecule has 0 spiro atoms. The first-order valence-corrected chi connectivity index (χ1v) is 7.77. The number of benzene rings is 2. The molecule has 0 aromatic heterocycles. The van der Waals surface area contributed by atoms with Gasteiger partial charge < -0.3 is 10.1 Å². The number of aryl methyl sites for hydroxylation is 1. The Labute approximate surface area is 128 Å². The van der Waals surface area contributed by atoms with Crippen molar-refractivity contribution in [1.82, 2.24) is 5.32 Å². The summed E-state index contributed by atoms with van der Waals surface area (Å²) in [5.74, 6) is 1.06. The Morgan fingerprint density at radius 3 is 2.70 bits per heavy atom. The van der Waals surface area contributed by atoms with Crippen molar-refractivity contribution >= 4 is 15.9 Å². The summed E-state index contributed by atoms with van der Waals surface area (Å²) >= 11 is 3.65. The molecule has 0 aliphatic carbocycles. The number of hydrogen-bond acceptors (Lipinski definition) is 2. The second kappa shape index (κ2) is 5.98. The Bertz CT molecular complexity index is 612. The van der Waals surface area contributed by atoms with Gasteiger partial charge in [0.2, 0.25) is 0 Å². The maximum Gasteiger partial charge on any atom is 0.127 e. The topological polar surface area (TPSA) is 21.3 Å². The van der Waals surface area contributed by atoms with Gasteiger partial charge in [-0.1, -0.05) is 52.3 Å². The molecule has 3 heteroatoms. The molecule has 0 saturated heterocycles. The summed E-state index contributed by atoms with van der Waals surface area (Å²) in [5.41, 5.74) is 3.77. The highest BCUT2D eigenvalue weighted by atomic mass is 79.9. The summed E-state index contributed by atoms with van der Waals surface area (Å²) in [6.45, 7) is 0.816. The first kappa shape index (κ1) is 13.7. The molecule has 20 heavy (non-hydrogen) atoms. The lowest BCUT2D eigenvalue weighted by Crippen LogP contribution is -2.21. The van der Waals surface area contributed by atoms with Crippen molar-refractivity contribution in [3.8, 4) is 5.75 Å². The number of nitrogens with one attached hydrogen (secondary N) is 1. The van der Waals surface area contributed by atoms with E-state index in [0.717, 1.165) is 29.7 Å². The second-order valence-electron chi connectivity index (χ2n) is 5.03. The van der Waals surface area contributed by atoms with Crippen molar-refractivity contribution < 1.29 is 4.74 Å². The average molecular weight is 332 g/mol. The number of ether oxygens (including phenoxy) is 1. The minimum atomic E-state index is 0.138. The lowest BCUT2D eigenvalue weighted by Gasteiger charge is -2.26. The predicted octanol–water partition coefficient (Wildman–Crippen LogP) is 4.08. The van der Waals surface area contributed by atoms with Crippen molar-refractivity contribution in [2.45, 2.75) is 18.9 Å². The van der Waals surface area contributed by atoms with Crippen LogP contribution in [0.5, 0.6) is 5.75 Å². The van der Waals surface area contributed by atoms with E-state index in [1.165, 1.54) is 16.7 Å². The zero-order valence-corrected chi connectivity index (χ0v) is 13.1. The van der Waals surface area contributed by atoms with Gasteiger partial charge in [0, 0.05) is 10.0 Å². The minimum absolute atomic E-state index is 0.138. The van der Waals surface area contributed by atoms with Crippen LogP contribution in [-0.4, -0.2) is 13.7 Å². The Morgan fingerprint density at radius 2 is 1.90 bits per heavy atom. The van der Waals surface area contributed by atoms with Crippen molar-refractivity contribution in [3.63, 3.8) is 0 Å². The van der Waals surface area contributed by atoms with Crippen LogP contribution in [0.25, 0.3) is 0 Å². The molecule has 0 fully saturated rings. The molecule has 1 aliphatic rings. The highest BCUT2D eigenvalue weighted by molar-refractivity contribution is 9.10. The summed E-state index contributed by atoms with van der Waals surface area (Å²) in [5, 5.41) is 3.42. The third kappa shape index (κ3) is 2.48. The van der Waals surface area contributed by atoms with Crippen LogP contribution in [0.3, 0.4) is 0 Å². The van der Waals surface area contributed by atoms with E-state index in [9.17, 15) is 0 Å². The number of para-hydroxylation sites is 1. The largest absolute Gasteiger partial charge is 0.493 e. The van der Waals surface area contributed by atoms with E-state index in [-0.39, 0.29) is 6.04 Å². The van der Waals surface area contributed by atoms with E-state index >= 15 is 0 Å². The third-order valence-electron chi connectivity index (χ3n) is 3.78. The van der Waals surface area contributed by atoms with Crippen LogP contribution in [0.1, 0.15) is 29.2 Å². The predicted molar refractivity (Wildman–Crippen MR) is 85.3 cm³/mol. The van der Waals surface area contributed by atoms with Gasteiger partial charge >= 0.3 is 0 Å². The maximum absolute atomic E-state index is 5.94. The van der Waals surface area contributed by atoms with Gasteiger partial charge in [0.15, 0.2) is 0 Å². The molecule has 1 unspecified atom stereocenters. The van der Waals surface area contributed by atoms with Crippen molar-refractivity contribution in [3.05, 3.63) is 63.6 Å². The number of fused-ring (bicyclic) bond motifs is 1. The smallest absolute Gasteiger partial charge is 0.127 e. The van der Waals surface area contributed by atoms with E-state index in [2.05, 4.69) is 57.6 Å². The summed E-state index contributed by atoms with van der Waals surface area (Å²) in [6.07, 6.45) is 2.21. The number of rotatable bonds is 3. The summed E-state index contributed by atoms with van der Waals surface area (Å²) in [4.78, 5) is 0. The Morgan fingerprint density at radius 1 is 1.10 bits per heavy atom. The first-order valence-electron chi connectivity index (χ1n) is 6.97. The minimum Gasteiger partial charge on any atom is -0.493 e. The van der Waals surface area contributed by atoms with Gasteiger partial charge in [0.05, 0.1) is 12.6 Å². The van der Waals surface area contributed by atoms with Crippen LogP contribution in [0.2, 0.25) is 0 Å². The van der Waals surface area contributed by atoms with Crippen LogP contribution in [0.15, 0.2) is 46.9 Å². The highest BCUT2D eigenvalue weighted by Crippen LogP contribution is 2.37. The quantitative estimate of drug-likeness (QED) is 0.914. The van der Waals surface area contributed by atoms with Gasteiger partial charge in [-0.15, -0.1) is 0 Å². The van der Waals surface area contributed by atoms with E-state index < -0.39 is 0 Å². The third-order valence-corrected chi connectivity index (χ3v) is 4.50. The van der Waals surface area contributed by atoms with Gasteiger partial charge in [0.1, 0.15) is 5.75 Å². The van der Waals surface area contributed by atoms with Crippen molar-refractivity contribution in [2.24, 2.45) is 0 Å². The molecule has 1 heterocycles. The molecule has 0 bridgehead atoms. The molecule has 0 amide bonds. The highest BCUT2D eigenvalue weighted by Gasteiger charge is 2.22. The van der Waals surface area contributed by atoms with Gasteiger partial charge in [-0.25, -0.2) is 0 Å². The monoisotopic (exact) mass is 331 g/mol. The molecular formula is C17H18BrNO. The second-order valence-corrected chi connectivity index (χ2v) is 5.89. The Hall–Kier alpha value is -1.32. The molecule has 1 aliphatic heterocycles. The van der Waals surface area contributed by atoms with Gasteiger partial charge in [-0.05, 0) is 37.1 Å². The fraction of sp³-hybridized carbons (Fsp3) is 0.294. The summed E-state index contributed by atoms with van der Waals surface area (Å²) in [7, 11) is 1.99. The Kier molecular flexibility index (Phi) is 4.08. The lowest BCUT2D eigenvalue weighted by molar-refractivity contribution is 0.283. The number of halogens is 1. The van der Waals surface area contributed by atoms with E-state index in [1.807, 2.05) is 13.1 Å². The molecule has 1 atom stereocenters. The Balaban J connectivity index is 2.09. The number of hydrogen-bond donors (Lipinski definition) is 1. The molecule has 1 N–H and O–H groups in total. The maximum atomic E-state index is 5.94. The molecule has 2 aromatic rings. The fourth-order valence-electron chi connectivity index (χ4n) is 2.83. The standard InChI is InChI=1S/C17H18BrNO/c1-19-16(13-8-2-3-10-15(13)18)14-9-4-6-12-7-5-11-20-17(12)14/h2-4,6,8-10,16,19H,5,7,11H2,1H3. The molecular weight excluding hydrogens is 314 g/mol. The van der Waals surface area contributed by atoms with Gasteiger partial charge in [-0.2, -0.15) is 0 Å². The van der Waals surface area contributed by atoms with Crippen LogP contribution in [0.4, 0.5) is 0 Å². The average Bonchev–Trinajstić information content (AvgIpc) is 2.50. The van der Waals surface area contributed by atoms with Gasteiger partial charge in [0.25, 0.3) is 0 Å². The van der Waals surface area contributed by atoms with Crippen LogP contribution < -0.4 is 10.1 Å². The summed E-state index contributed by atoms with van der Waals surface area (Å²) < 4.78 is 7.06. The molecule has 0 radical (unpaired) electrons. The zero-order valence-electron chi connectivity index (χ0n) is 11.5. The van der Waals surface area contributed by atoms with E-state index in [0.29, 0.717) is 0 Å². The van der Waals surface area contributed by atoms with Crippen LogP contribution in [-0.2, 0) is 6.42 Å². The lowest BCUT2D eigenvalue weighted by atomic mass is 9.94. The molecule has 2 nitrogen and oxygen atoms in total. The molecule has 0 saturated carbocycles. The SMILES string of the molecule is CNC(c1ccccc1Br)c1cccc2c1OCCC2. The normalized spacial score (nSPS) is 15.3. The first-order chi connectivity index (χ1) is 9.81. The van der Waals surface area contributed by atoms with Crippen molar-refractivity contribution in [1.29, 1.82) is 0 Å². The van der Waals surface area contributed by atoms with Crippen LogP contribution >= 0.6 is 15.9 Å². The molecule has 104 valence electrons. The van der Waals surface area contributed by atoms with E-state index in [1.54, 1.807) is 0 Å². The fourth-order valence-corrected chi connectivity index (χ4v) is 3.34.